The fourth-order valence-corrected chi connectivity index (χ4v) is 7.63. The summed E-state index contributed by atoms with van der Waals surface area (Å²) in [5.74, 6) is -3.00. The summed E-state index contributed by atoms with van der Waals surface area (Å²) in [5.41, 5.74) is 3.52. The first kappa shape index (κ1) is 34.8. The Bertz CT molecular complexity index is 1820. The number of esters is 1. The fraction of sp³-hybridized carbons (Fsp3) is 0.467. The number of aliphatic hydroxyl groups excluding tert-OH is 1. The lowest BCUT2D eigenvalue weighted by atomic mass is 9.97. The number of carbonyl (C=O) groups excluding carboxylic acids is 1. The summed E-state index contributed by atoms with van der Waals surface area (Å²) in [5, 5.41) is 15.7. The number of halogens is 2. The zero-order chi connectivity index (χ0) is 34.3. The van der Waals surface area contributed by atoms with Gasteiger partial charge in [0.15, 0.2) is 47.7 Å². The van der Waals surface area contributed by atoms with Gasteiger partial charge >= 0.3 is 5.97 Å². The number of aliphatic hydroxyl groups is 1. The number of nitrogens with one attached hydrogen (secondary N) is 1. The summed E-state index contributed by atoms with van der Waals surface area (Å²) in [6, 6.07) is 12.0. The SMILES string of the molecule is CC(C)OC(=O)[C@H](C)NP(=S)(COc1cccc2ccccc12)OC[C@@]1(F)O[C@@H](n2cnc3c(N(C)C)nc(N)nc32)[C@](C)(F)[C@@H]1O. The van der Waals surface area contributed by atoms with Crippen molar-refractivity contribution in [3.63, 3.8) is 0 Å². The number of nitrogens with zero attached hydrogens (tertiary/aromatic N) is 5. The number of nitrogen functional groups attached to an aromatic ring is 1. The molecule has 0 bridgehead atoms. The van der Waals surface area contributed by atoms with Crippen molar-refractivity contribution in [3.8, 4) is 5.75 Å². The van der Waals surface area contributed by atoms with Gasteiger partial charge in [0.05, 0.1) is 12.4 Å². The van der Waals surface area contributed by atoms with E-state index in [1.54, 1.807) is 45.0 Å². The molecule has 3 heterocycles. The number of hydrogen-bond acceptors (Lipinski definition) is 12. The minimum Gasteiger partial charge on any atom is -0.484 e. The van der Waals surface area contributed by atoms with Gasteiger partial charge in [-0.3, -0.25) is 14.4 Å². The van der Waals surface area contributed by atoms with Crippen LogP contribution in [0.2, 0.25) is 0 Å². The van der Waals surface area contributed by atoms with E-state index < -0.39 is 55.0 Å². The molecule has 1 aliphatic heterocycles. The average molecular weight is 694 g/mol. The van der Waals surface area contributed by atoms with Crippen LogP contribution >= 0.6 is 6.42 Å². The van der Waals surface area contributed by atoms with Crippen molar-refractivity contribution >= 4 is 57.9 Å². The number of fused-ring (bicyclic) bond motifs is 2. The molecule has 2 aromatic carbocycles. The third kappa shape index (κ3) is 7.03. The maximum Gasteiger partial charge on any atom is 0.323 e. The summed E-state index contributed by atoms with van der Waals surface area (Å²) in [6.45, 7) is 4.90. The van der Waals surface area contributed by atoms with Crippen LogP contribution in [-0.4, -0.2) is 87.4 Å². The molecule has 0 aliphatic carbocycles. The first-order valence-corrected chi connectivity index (χ1v) is 17.7. The van der Waals surface area contributed by atoms with Gasteiger partial charge in [0, 0.05) is 19.5 Å². The van der Waals surface area contributed by atoms with Crippen LogP contribution in [0.15, 0.2) is 48.8 Å². The van der Waals surface area contributed by atoms with Gasteiger partial charge in [0.2, 0.25) is 5.95 Å². The molecular weight excluding hydrogens is 655 g/mol. The molecule has 5 rings (SSSR count). The molecule has 47 heavy (non-hydrogen) atoms. The number of ether oxygens (including phenoxy) is 3. The molecule has 6 atom stereocenters. The second-order valence-electron chi connectivity index (χ2n) is 12.0. The van der Waals surface area contributed by atoms with Gasteiger partial charge in [-0.1, -0.05) is 36.4 Å². The molecule has 1 fully saturated rings. The minimum absolute atomic E-state index is 0.0696. The van der Waals surface area contributed by atoms with Crippen molar-refractivity contribution in [1.29, 1.82) is 0 Å². The van der Waals surface area contributed by atoms with E-state index in [1.165, 1.54) is 13.3 Å². The summed E-state index contributed by atoms with van der Waals surface area (Å²) in [4.78, 5) is 26.9. The molecule has 1 saturated heterocycles. The molecule has 17 heteroatoms. The minimum atomic E-state index is -3.48. The monoisotopic (exact) mass is 693 g/mol. The van der Waals surface area contributed by atoms with E-state index in [9.17, 15) is 9.90 Å². The van der Waals surface area contributed by atoms with Gasteiger partial charge < -0.3 is 34.5 Å². The molecule has 254 valence electrons. The fourth-order valence-electron chi connectivity index (χ4n) is 5.23. The Morgan fingerprint density at radius 3 is 2.62 bits per heavy atom. The number of hydrogen-bond donors (Lipinski definition) is 3. The number of benzene rings is 2. The second kappa shape index (κ2) is 13.2. The van der Waals surface area contributed by atoms with Gasteiger partial charge in [-0.05, 0) is 51.0 Å². The molecule has 1 aliphatic rings. The van der Waals surface area contributed by atoms with Crippen LogP contribution in [0.25, 0.3) is 21.9 Å². The number of imidazole rings is 1. The van der Waals surface area contributed by atoms with Gasteiger partial charge in [0.1, 0.15) is 18.4 Å². The maximum absolute atomic E-state index is 16.6. The van der Waals surface area contributed by atoms with Crippen molar-refractivity contribution < 1.29 is 37.4 Å². The van der Waals surface area contributed by atoms with Crippen molar-refractivity contribution in [1.82, 2.24) is 24.6 Å². The van der Waals surface area contributed by atoms with Crippen LogP contribution in [0, 0.1) is 0 Å². The average Bonchev–Trinajstić information content (AvgIpc) is 3.50. The van der Waals surface area contributed by atoms with Crippen molar-refractivity contribution in [2.45, 2.75) is 63.7 Å². The molecule has 4 N–H and O–H groups in total. The van der Waals surface area contributed by atoms with Gasteiger partial charge in [-0.25, -0.2) is 13.8 Å². The highest BCUT2D eigenvalue weighted by Gasteiger charge is 2.65. The molecule has 0 radical (unpaired) electrons. The molecule has 1 unspecified atom stereocenters. The number of carbonyl (C=O) groups is 1. The summed E-state index contributed by atoms with van der Waals surface area (Å²) in [7, 11) is 3.43. The van der Waals surface area contributed by atoms with Crippen LogP contribution in [0.3, 0.4) is 0 Å². The van der Waals surface area contributed by atoms with Crippen LogP contribution in [0.5, 0.6) is 5.75 Å². The molecule has 4 aromatic rings. The number of anilines is 2. The van der Waals surface area contributed by atoms with Crippen LogP contribution in [-0.2, 0) is 30.6 Å². The Kier molecular flexibility index (Phi) is 9.75. The lowest BCUT2D eigenvalue weighted by Gasteiger charge is -2.31. The maximum atomic E-state index is 16.6. The third-order valence-corrected chi connectivity index (χ3v) is 10.3. The van der Waals surface area contributed by atoms with E-state index in [0.717, 1.165) is 22.3 Å². The lowest BCUT2D eigenvalue weighted by Crippen LogP contribution is -2.47. The summed E-state index contributed by atoms with van der Waals surface area (Å²) in [6.07, 6.45) is -7.04. The zero-order valence-corrected chi connectivity index (χ0v) is 28.5. The normalized spacial score (nSPS) is 24.8. The predicted molar refractivity (Wildman–Crippen MR) is 177 cm³/mol. The second-order valence-corrected chi connectivity index (χ2v) is 15.9. The molecule has 2 aromatic heterocycles. The van der Waals surface area contributed by atoms with Gasteiger partial charge in [-0.2, -0.15) is 9.97 Å². The topological polar surface area (TPSA) is 159 Å². The Morgan fingerprint density at radius 1 is 1.21 bits per heavy atom. The first-order valence-electron chi connectivity index (χ1n) is 14.8. The van der Waals surface area contributed by atoms with E-state index in [2.05, 4.69) is 20.0 Å². The molecule has 0 amide bonds. The van der Waals surface area contributed by atoms with E-state index in [-0.39, 0.29) is 23.5 Å². The van der Waals surface area contributed by atoms with E-state index in [4.69, 9.17) is 36.3 Å². The number of aromatic nitrogens is 4. The Labute approximate surface area is 275 Å². The van der Waals surface area contributed by atoms with Crippen LogP contribution < -0.4 is 20.5 Å². The van der Waals surface area contributed by atoms with Crippen LogP contribution in [0.4, 0.5) is 20.5 Å². The highest BCUT2D eigenvalue weighted by Crippen LogP contribution is 2.52. The Morgan fingerprint density at radius 2 is 1.91 bits per heavy atom. The highest BCUT2D eigenvalue weighted by molar-refractivity contribution is 8.11. The first-order chi connectivity index (χ1) is 22.0. The van der Waals surface area contributed by atoms with Crippen molar-refractivity contribution in [2.24, 2.45) is 0 Å². The molecule has 13 nitrogen and oxygen atoms in total. The molecule has 0 spiro atoms. The number of nitrogens with two attached hydrogens (primary N) is 1. The Hall–Kier alpha value is -3.53. The van der Waals surface area contributed by atoms with Gasteiger partial charge in [-0.15, -0.1) is 0 Å². The molecular formula is C30H38F2N7O6PS. The zero-order valence-electron chi connectivity index (χ0n) is 26.8. The highest BCUT2D eigenvalue weighted by atomic mass is 32.4. The predicted octanol–water partition coefficient (Wildman–Crippen LogP) is 4.20. The third-order valence-electron chi connectivity index (χ3n) is 7.54. The quantitative estimate of drug-likeness (QED) is 0.143. The van der Waals surface area contributed by atoms with E-state index in [0.29, 0.717) is 11.6 Å². The lowest BCUT2D eigenvalue weighted by molar-refractivity contribution is -0.201. The standard InChI is InChI=1S/C30H38F2N7O6PS/c1-17(2)44-25(40)18(3)37-46(47,16-42-21-13-9-11-19-10-7-8-12-20(19)21)43-14-30(32)26(41)29(4,31)27(45-30)39-15-34-22-23(38(5)6)35-28(33)36-24(22)39/h7-13,15,17-18,26-27,41H,14,16H2,1-6H3,(H,37,47)(H2,33,35,36)/t18-,26-,27+,29+,30+,46?/m0/s1. The van der Waals surface area contributed by atoms with E-state index in [1.807, 2.05) is 30.3 Å². The largest absolute Gasteiger partial charge is 0.484 e. The van der Waals surface area contributed by atoms with E-state index >= 15 is 8.78 Å². The summed E-state index contributed by atoms with van der Waals surface area (Å²) >= 11 is 5.84. The summed E-state index contributed by atoms with van der Waals surface area (Å²) < 4.78 is 56.9. The Balaban J connectivity index is 1.42. The number of rotatable bonds is 12. The smallest absolute Gasteiger partial charge is 0.323 e. The molecule has 0 saturated carbocycles. The number of alkyl halides is 2. The van der Waals surface area contributed by atoms with Crippen molar-refractivity contribution in [3.05, 3.63) is 48.8 Å². The van der Waals surface area contributed by atoms with Crippen molar-refractivity contribution in [2.75, 3.05) is 37.7 Å². The van der Waals surface area contributed by atoms with Gasteiger partial charge in [0.25, 0.3) is 5.85 Å². The van der Waals surface area contributed by atoms with Crippen LogP contribution in [0.1, 0.15) is 33.9 Å².